The van der Waals surface area contributed by atoms with Crippen molar-refractivity contribution in [3.63, 3.8) is 0 Å². The molecule has 0 unspecified atom stereocenters. The zero-order valence-electron chi connectivity index (χ0n) is 11.7. The fourth-order valence-electron chi connectivity index (χ4n) is 2.01. The fraction of sp³-hybridized carbons (Fsp3) is 0.500. The lowest BCUT2D eigenvalue weighted by Gasteiger charge is -2.18. The molecule has 0 aliphatic carbocycles. The lowest BCUT2D eigenvalue weighted by molar-refractivity contribution is -0.201. The normalized spacial score (nSPS) is 11.6. The molecule has 106 valence electrons. The second kappa shape index (κ2) is 5.23. The minimum atomic E-state index is -4.95. The Kier molecular flexibility index (Phi) is 4.28. The molecule has 19 heavy (non-hydrogen) atoms. The monoisotopic (exact) mass is 274 g/mol. The Morgan fingerprint density at radius 1 is 0.895 bits per heavy atom. The van der Waals surface area contributed by atoms with Gasteiger partial charge < -0.3 is 4.74 Å². The third kappa shape index (κ3) is 3.08. The van der Waals surface area contributed by atoms with Crippen LogP contribution in [0.1, 0.15) is 33.4 Å². The maximum Gasteiger partial charge on any atom is 0.490 e. The molecule has 0 N–H and O–H groups in total. The van der Waals surface area contributed by atoms with Crippen molar-refractivity contribution in [3.8, 4) is 0 Å². The van der Waals surface area contributed by atoms with Gasteiger partial charge in [-0.25, -0.2) is 4.79 Å². The molecule has 0 radical (unpaired) electrons. The van der Waals surface area contributed by atoms with Gasteiger partial charge in [0.15, 0.2) is 0 Å². The van der Waals surface area contributed by atoms with Gasteiger partial charge in [-0.3, -0.25) is 0 Å². The van der Waals surface area contributed by atoms with Crippen molar-refractivity contribution in [2.24, 2.45) is 0 Å². The van der Waals surface area contributed by atoms with Crippen LogP contribution in [0.2, 0.25) is 0 Å². The largest absolute Gasteiger partial charge is 0.490 e. The quantitative estimate of drug-likeness (QED) is 0.766. The van der Waals surface area contributed by atoms with Crippen molar-refractivity contribution in [1.29, 1.82) is 0 Å². The number of halogens is 3. The standard InChI is InChI=1S/C14H17F3O2/c1-7-8(2)10(4)12(11(5)9(7)3)6-19-13(18)14(15,16)17/h6H2,1-5H3. The first-order valence-electron chi connectivity index (χ1n) is 5.87. The maximum absolute atomic E-state index is 12.1. The van der Waals surface area contributed by atoms with E-state index in [1.54, 1.807) is 0 Å². The van der Waals surface area contributed by atoms with Gasteiger partial charge in [-0.1, -0.05) is 0 Å². The summed E-state index contributed by atoms with van der Waals surface area (Å²) >= 11 is 0. The molecular weight excluding hydrogens is 257 g/mol. The highest BCUT2D eigenvalue weighted by atomic mass is 19.4. The van der Waals surface area contributed by atoms with Crippen LogP contribution in [0.4, 0.5) is 13.2 Å². The highest BCUT2D eigenvalue weighted by Crippen LogP contribution is 2.27. The second-order valence-corrected chi connectivity index (χ2v) is 4.68. The van der Waals surface area contributed by atoms with Crippen LogP contribution in [0.5, 0.6) is 0 Å². The summed E-state index contributed by atoms with van der Waals surface area (Å²) in [6.07, 6.45) is -4.95. The van der Waals surface area contributed by atoms with Crippen LogP contribution in [-0.2, 0) is 16.1 Å². The third-order valence-corrected chi connectivity index (χ3v) is 3.73. The van der Waals surface area contributed by atoms with Crippen LogP contribution >= 0.6 is 0 Å². The lowest BCUT2D eigenvalue weighted by atomic mass is 9.90. The molecule has 0 heterocycles. The minimum absolute atomic E-state index is 0.349. The molecule has 1 aromatic carbocycles. The number of hydrogen-bond acceptors (Lipinski definition) is 2. The molecule has 0 aliphatic heterocycles. The Morgan fingerprint density at radius 2 is 1.26 bits per heavy atom. The summed E-state index contributed by atoms with van der Waals surface area (Å²) in [5, 5.41) is 0. The van der Waals surface area contributed by atoms with Crippen molar-refractivity contribution < 1.29 is 22.7 Å². The summed E-state index contributed by atoms with van der Waals surface area (Å²) in [5.41, 5.74) is 5.53. The summed E-state index contributed by atoms with van der Waals surface area (Å²) in [7, 11) is 0. The zero-order valence-corrected chi connectivity index (χ0v) is 11.7. The molecule has 5 heteroatoms. The number of rotatable bonds is 2. The smallest absolute Gasteiger partial charge is 0.454 e. The number of benzene rings is 1. The molecule has 0 spiro atoms. The van der Waals surface area contributed by atoms with Gasteiger partial charge in [-0.05, 0) is 68.0 Å². The van der Waals surface area contributed by atoms with Crippen molar-refractivity contribution in [1.82, 2.24) is 0 Å². The lowest BCUT2D eigenvalue weighted by Crippen LogP contribution is -2.25. The molecule has 0 fully saturated rings. The Morgan fingerprint density at radius 3 is 1.63 bits per heavy atom. The van der Waals surface area contributed by atoms with Crippen LogP contribution in [0.25, 0.3) is 0 Å². The molecule has 0 aliphatic rings. The molecule has 2 nitrogen and oxygen atoms in total. The van der Waals surface area contributed by atoms with Gasteiger partial charge in [-0.15, -0.1) is 0 Å². The molecule has 0 atom stereocenters. The fourth-order valence-corrected chi connectivity index (χ4v) is 2.01. The first-order valence-corrected chi connectivity index (χ1v) is 5.87. The Balaban J connectivity index is 3.07. The summed E-state index contributed by atoms with van der Waals surface area (Å²) in [4.78, 5) is 10.8. The highest BCUT2D eigenvalue weighted by molar-refractivity contribution is 5.75. The van der Waals surface area contributed by atoms with Gasteiger partial charge in [0.1, 0.15) is 6.61 Å². The highest BCUT2D eigenvalue weighted by Gasteiger charge is 2.41. The minimum Gasteiger partial charge on any atom is -0.454 e. The average Bonchev–Trinajstić information content (AvgIpc) is 2.32. The third-order valence-electron chi connectivity index (χ3n) is 3.73. The number of carbonyl (C=O) groups excluding carboxylic acids is 1. The predicted octanol–water partition coefficient (Wildman–Crippen LogP) is 3.83. The number of ether oxygens (including phenoxy) is 1. The second-order valence-electron chi connectivity index (χ2n) is 4.68. The van der Waals surface area contributed by atoms with Crippen LogP contribution in [0.3, 0.4) is 0 Å². The summed E-state index contributed by atoms with van der Waals surface area (Å²) in [5.74, 6) is -2.15. The number of carbonyl (C=O) groups is 1. The van der Waals surface area contributed by atoms with E-state index in [-0.39, 0.29) is 6.61 Å². The predicted molar refractivity (Wildman–Crippen MR) is 66.0 cm³/mol. The van der Waals surface area contributed by atoms with Gasteiger partial charge in [0, 0.05) is 0 Å². The van der Waals surface area contributed by atoms with Gasteiger partial charge >= 0.3 is 12.1 Å². The van der Waals surface area contributed by atoms with Gasteiger partial charge in [0.05, 0.1) is 0 Å². The van der Waals surface area contributed by atoms with Gasteiger partial charge in [-0.2, -0.15) is 13.2 Å². The Bertz CT molecular complexity index is 487. The average molecular weight is 274 g/mol. The Labute approximate surface area is 110 Å². The van der Waals surface area contributed by atoms with Crippen molar-refractivity contribution in [2.75, 3.05) is 0 Å². The molecular formula is C14H17F3O2. The Hall–Kier alpha value is -1.52. The summed E-state index contributed by atoms with van der Waals surface area (Å²) < 4.78 is 40.6. The van der Waals surface area contributed by atoms with E-state index in [1.165, 1.54) is 0 Å². The van der Waals surface area contributed by atoms with Gasteiger partial charge in [0.25, 0.3) is 0 Å². The molecule has 0 saturated heterocycles. The number of alkyl halides is 3. The molecule has 0 aromatic heterocycles. The first-order chi connectivity index (χ1) is 8.57. The van der Waals surface area contributed by atoms with Gasteiger partial charge in [0.2, 0.25) is 0 Å². The molecule has 1 rings (SSSR count). The van der Waals surface area contributed by atoms with E-state index in [4.69, 9.17) is 0 Å². The van der Waals surface area contributed by atoms with E-state index >= 15 is 0 Å². The van der Waals surface area contributed by atoms with Crippen LogP contribution in [-0.4, -0.2) is 12.1 Å². The van der Waals surface area contributed by atoms with Crippen molar-refractivity contribution in [2.45, 2.75) is 47.4 Å². The number of esters is 1. The topological polar surface area (TPSA) is 26.3 Å². The van der Waals surface area contributed by atoms with E-state index in [1.807, 2.05) is 34.6 Å². The number of hydrogen-bond donors (Lipinski definition) is 0. The van der Waals surface area contributed by atoms with Crippen molar-refractivity contribution in [3.05, 3.63) is 33.4 Å². The maximum atomic E-state index is 12.1. The van der Waals surface area contributed by atoms with Crippen LogP contribution in [0, 0.1) is 34.6 Å². The van der Waals surface area contributed by atoms with E-state index < -0.39 is 12.1 Å². The molecule has 0 bridgehead atoms. The van der Waals surface area contributed by atoms with Crippen LogP contribution < -0.4 is 0 Å². The summed E-state index contributed by atoms with van der Waals surface area (Å²) in [6, 6.07) is 0. The zero-order chi connectivity index (χ0) is 15.0. The molecule has 0 amide bonds. The van der Waals surface area contributed by atoms with E-state index in [0.29, 0.717) is 5.56 Å². The van der Waals surface area contributed by atoms with E-state index in [0.717, 1.165) is 27.8 Å². The molecule has 0 saturated carbocycles. The van der Waals surface area contributed by atoms with Crippen molar-refractivity contribution >= 4 is 5.97 Å². The van der Waals surface area contributed by atoms with E-state index in [9.17, 15) is 18.0 Å². The van der Waals surface area contributed by atoms with Crippen LogP contribution in [0.15, 0.2) is 0 Å². The molecule has 1 aromatic rings. The first kappa shape index (κ1) is 15.5. The van der Waals surface area contributed by atoms with E-state index in [2.05, 4.69) is 4.74 Å². The SMILES string of the molecule is Cc1c(C)c(C)c(COC(=O)C(F)(F)F)c(C)c1C. The summed E-state index contributed by atoms with van der Waals surface area (Å²) in [6.45, 7) is 9.09.